The third kappa shape index (κ3) is 3.78. The Morgan fingerprint density at radius 3 is 2.19 bits per heavy atom. The summed E-state index contributed by atoms with van der Waals surface area (Å²) in [6.07, 6.45) is 0. The molecule has 0 bridgehead atoms. The van der Waals surface area contributed by atoms with Gasteiger partial charge >= 0.3 is 0 Å². The molecule has 5 rings (SSSR count). The fourth-order valence-electron chi connectivity index (χ4n) is 4.51. The SMILES string of the molecule is O=C1c2cccc(N3CCN(Cc4ccccc4)CC3)c2C(=O)N1Cc1ccccc1F. The molecule has 32 heavy (non-hydrogen) atoms. The van der Waals surface area contributed by atoms with Crippen LogP contribution in [0, 0.1) is 5.82 Å². The van der Waals surface area contributed by atoms with Crippen LogP contribution in [0.15, 0.2) is 72.8 Å². The molecule has 6 heteroatoms. The third-order valence-electron chi connectivity index (χ3n) is 6.23. The van der Waals surface area contributed by atoms with Crippen molar-refractivity contribution in [3.8, 4) is 0 Å². The zero-order chi connectivity index (χ0) is 22.1. The second-order valence-corrected chi connectivity index (χ2v) is 8.24. The molecule has 2 aliphatic rings. The van der Waals surface area contributed by atoms with E-state index in [0.717, 1.165) is 43.3 Å². The van der Waals surface area contributed by atoms with Crippen molar-refractivity contribution in [1.29, 1.82) is 0 Å². The molecule has 0 saturated carbocycles. The van der Waals surface area contributed by atoms with E-state index in [2.05, 4.69) is 34.1 Å². The highest BCUT2D eigenvalue weighted by molar-refractivity contribution is 6.23. The molecule has 0 spiro atoms. The number of hydrogen-bond acceptors (Lipinski definition) is 4. The number of benzene rings is 3. The van der Waals surface area contributed by atoms with Gasteiger partial charge in [-0.15, -0.1) is 0 Å². The van der Waals surface area contributed by atoms with Crippen LogP contribution in [0.4, 0.5) is 10.1 Å². The standard InChI is InChI=1S/C26H24FN3O2/c27-22-11-5-4-9-20(22)18-30-25(31)21-10-6-12-23(24(21)26(30)32)29-15-13-28(14-16-29)17-19-7-2-1-3-8-19/h1-12H,13-18H2. The van der Waals surface area contributed by atoms with Crippen LogP contribution in [-0.2, 0) is 13.1 Å². The molecule has 1 saturated heterocycles. The number of nitrogens with zero attached hydrogens (tertiary/aromatic N) is 3. The van der Waals surface area contributed by atoms with Crippen LogP contribution in [0.5, 0.6) is 0 Å². The van der Waals surface area contributed by atoms with Crippen molar-refractivity contribution in [1.82, 2.24) is 9.80 Å². The summed E-state index contributed by atoms with van der Waals surface area (Å²) in [6, 6.07) is 22.0. The molecule has 0 unspecified atom stereocenters. The molecule has 2 heterocycles. The number of rotatable bonds is 5. The first-order chi connectivity index (χ1) is 15.6. The van der Waals surface area contributed by atoms with Crippen LogP contribution in [0.2, 0.25) is 0 Å². The summed E-state index contributed by atoms with van der Waals surface area (Å²) in [5.74, 6) is -1.13. The fourth-order valence-corrected chi connectivity index (χ4v) is 4.51. The van der Waals surface area contributed by atoms with Crippen molar-refractivity contribution >= 4 is 17.5 Å². The Labute approximate surface area is 186 Å². The van der Waals surface area contributed by atoms with E-state index in [0.29, 0.717) is 16.7 Å². The summed E-state index contributed by atoms with van der Waals surface area (Å²) in [5.41, 5.74) is 3.24. The zero-order valence-electron chi connectivity index (χ0n) is 17.7. The van der Waals surface area contributed by atoms with E-state index >= 15 is 0 Å². The molecule has 0 N–H and O–H groups in total. The molecule has 5 nitrogen and oxygen atoms in total. The highest BCUT2D eigenvalue weighted by Gasteiger charge is 2.39. The highest BCUT2D eigenvalue weighted by Crippen LogP contribution is 2.33. The van der Waals surface area contributed by atoms with Crippen LogP contribution in [0.25, 0.3) is 0 Å². The van der Waals surface area contributed by atoms with Crippen LogP contribution in [0.1, 0.15) is 31.8 Å². The second kappa shape index (κ2) is 8.55. The number of fused-ring (bicyclic) bond motifs is 1. The minimum atomic E-state index is -0.418. The van der Waals surface area contributed by atoms with Crippen molar-refractivity contribution in [3.63, 3.8) is 0 Å². The van der Waals surface area contributed by atoms with E-state index in [9.17, 15) is 14.0 Å². The van der Waals surface area contributed by atoms with Crippen LogP contribution < -0.4 is 4.90 Å². The number of carbonyl (C=O) groups excluding carboxylic acids is 2. The van der Waals surface area contributed by atoms with E-state index in [4.69, 9.17) is 0 Å². The first kappa shape index (κ1) is 20.4. The lowest BCUT2D eigenvalue weighted by atomic mass is 10.1. The maximum absolute atomic E-state index is 14.1. The predicted octanol–water partition coefficient (Wildman–Crippen LogP) is 3.94. The van der Waals surface area contributed by atoms with E-state index in [1.54, 1.807) is 24.3 Å². The molecule has 2 amide bonds. The average molecular weight is 429 g/mol. The van der Waals surface area contributed by atoms with Crippen molar-refractivity contribution in [3.05, 3.63) is 101 Å². The van der Waals surface area contributed by atoms with Gasteiger partial charge in [0.25, 0.3) is 11.8 Å². The van der Waals surface area contributed by atoms with E-state index < -0.39 is 5.82 Å². The van der Waals surface area contributed by atoms with Gasteiger partial charge in [0.1, 0.15) is 5.82 Å². The maximum Gasteiger partial charge on any atom is 0.263 e. The van der Waals surface area contributed by atoms with E-state index in [1.165, 1.54) is 11.6 Å². The molecule has 3 aromatic carbocycles. The quantitative estimate of drug-likeness (QED) is 0.577. The Morgan fingerprint density at radius 1 is 0.719 bits per heavy atom. The van der Waals surface area contributed by atoms with E-state index in [-0.39, 0.29) is 18.4 Å². The molecule has 0 atom stereocenters. The lowest BCUT2D eigenvalue weighted by molar-refractivity contribution is 0.0641. The van der Waals surface area contributed by atoms with Crippen molar-refractivity contribution in [2.75, 3.05) is 31.1 Å². The molecule has 3 aromatic rings. The number of imide groups is 1. The summed E-state index contributed by atoms with van der Waals surface area (Å²) >= 11 is 0. The number of hydrogen-bond donors (Lipinski definition) is 0. The van der Waals surface area contributed by atoms with Gasteiger partial charge in [0.15, 0.2) is 0 Å². The van der Waals surface area contributed by atoms with Gasteiger partial charge in [0.05, 0.1) is 23.4 Å². The monoisotopic (exact) mass is 429 g/mol. The van der Waals surface area contributed by atoms with Gasteiger partial charge < -0.3 is 4.90 Å². The molecule has 0 radical (unpaired) electrons. The minimum absolute atomic E-state index is 0.0662. The summed E-state index contributed by atoms with van der Waals surface area (Å²) in [6.45, 7) is 4.13. The first-order valence-electron chi connectivity index (χ1n) is 10.9. The number of carbonyl (C=O) groups is 2. The van der Waals surface area contributed by atoms with Crippen molar-refractivity contribution < 1.29 is 14.0 Å². The topological polar surface area (TPSA) is 43.9 Å². The molecule has 162 valence electrons. The molecule has 1 fully saturated rings. The number of halogens is 1. The van der Waals surface area contributed by atoms with Gasteiger partial charge in [-0.25, -0.2) is 4.39 Å². The highest BCUT2D eigenvalue weighted by atomic mass is 19.1. The Morgan fingerprint density at radius 2 is 1.44 bits per heavy atom. The summed E-state index contributed by atoms with van der Waals surface area (Å²) < 4.78 is 14.1. The molecule has 2 aliphatic heterocycles. The molecular weight excluding hydrogens is 405 g/mol. The molecule has 0 aliphatic carbocycles. The Hall–Kier alpha value is -3.51. The molecule has 0 aromatic heterocycles. The van der Waals surface area contributed by atoms with Gasteiger partial charge in [0.2, 0.25) is 0 Å². The largest absolute Gasteiger partial charge is 0.368 e. The number of amides is 2. The Bertz CT molecular complexity index is 1160. The van der Waals surface area contributed by atoms with Gasteiger partial charge in [0, 0.05) is 38.3 Å². The van der Waals surface area contributed by atoms with Gasteiger partial charge in [-0.2, -0.15) is 0 Å². The summed E-state index contributed by atoms with van der Waals surface area (Å²) in [4.78, 5) is 31.9. The maximum atomic E-state index is 14.1. The lowest BCUT2D eigenvalue weighted by Gasteiger charge is -2.36. The number of piperazine rings is 1. The molecular formula is C26H24FN3O2. The smallest absolute Gasteiger partial charge is 0.263 e. The number of anilines is 1. The van der Waals surface area contributed by atoms with Crippen molar-refractivity contribution in [2.24, 2.45) is 0 Å². The van der Waals surface area contributed by atoms with Crippen LogP contribution in [-0.4, -0.2) is 47.8 Å². The van der Waals surface area contributed by atoms with Crippen molar-refractivity contribution in [2.45, 2.75) is 13.1 Å². The summed E-state index contributed by atoms with van der Waals surface area (Å²) in [5, 5.41) is 0. The zero-order valence-corrected chi connectivity index (χ0v) is 17.7. The normalized spacial score (nSPS) is 16.5. The van der Waals surface area contributed by atoms with Crippen LogP contribution >= 0.6 is 0 Å². The second-order valence-electron chi connectivity index (χ2n) is 8.24. The third-order valence-corrected chi connectivity index (χ3v) is 6.23. The summed E-state index contributed by atoms with van der Waals surface area (Å²) in [7, 11) is 0. The van der Waals surface area contributed by atoms with Crippen LogP contribution in [0.3, 0.4) is 0 Å². The Balaban J connectivity index is 1.33. The minimum Gasteiger partial charge on any atom is -0.368 e. The average Bonchev–Trinajstić information content (AvgIpc) is 3.07. The van der Waals surface area contributed by atoms with E-state index in [1.807, 2.05) is 18.2 Å². The predicted molar refractivity (Wildman–Crippen MR) is 121 cm³/mol. The van der Waals surface area contributed by atoms with Gasteiger partial charge in [-0.3, -0.25) is 19.4 Å². The van der Waals surface area contributed by atoms with Gasteiger partial charge in [-0.05, 0) is 23.8 Å². The van der Waals surface area contributed by atoms with Gasteiger partial charge in [-0.1, -0.05) is 54.6 Å². The fraction of sp³-hybridized carbons (Fsp3) is 0.231. The first-order valence-corrected chi connectivity index (χ1v) is 10.9. The Kier molecular flexibility index (Phi) is 5.45. The lowest BCUT2D eigenvalue weighted by Crippen LogP contribution is -2.46.